The number of hydrogen-bond donors (Lipinski definition) is 0. The lowest BCUT2D eigenvalue weighted by Crippen LogP contribution is -2.37. The van der Waals surface area contributed by atoms with Crippen molar-refractivity contribution in [1.29, 1.82) is 0 Å². The van der Waals surface area contributed by atoms with Crippen LogP contribution in [0.2, 0.25) is 0 Å². The molecule has 1 unspecified atom stereocenters. The number of fused-ring (bicyclic) bond motifs is 1. The van der Waals surface area contributed by atoms with Gasteiger partial charge in [0, 0.05) is 24.7 Å². The highest BCUT2D eigenvalue weighted by Crippen LogP contribution is 2.39. The number of benzene rings is 1. The normalized spacial score (nSPS) is 20.5. The molecule has 1 atom stereocenters. The zero-order chi connectivity index (χ0) is 19.6. The first-order chi connectivity index (χ1) is 12.8. The molecule has 1 saturated heterocycles. The van der Waals surface area contributed by atoms with E-state index in [2.05, 4.69) is 19.1 Å². The van der Waals surface area contributed by atoms with Crippen LogP contribution in [0, 0.1) is 5.92 Å². The number of allylic oxidation sites excluding steroid dienone is 2. The molecule has 0 aromatic heterocycles. The van der Waals surface area contributed by atoms with E-state index in [9.17, 15) is 4.79 Å². The summed E-state index contributed by atoms with van der Waals surface area (Å²) in [5.74, 6) is 1.12. The number of ether oxygens (including phenoxy) is 1. The SMILES string of the molecule is CCCCN1CCCC2C(=NC(C)=C2c2ccc(OC(C)(C)C)cc2)C1=O. The van der Waals surface area contributed by atoms with Crippen LogP contribution in [0.1, 0.15) is 65.9 Å². The van der Waals surface area contributed by atoms with Crippen molar-refractivity contribution in [3.05, 3.63) is 35.5 Å². The molecule has 3 rings (SSSR count). The third-order valence-corrected chi connectivity index (χ3v) is 5.15. The molecule has 0 bridgehead atoms. The van der Waals surface area contributed by atoms with E-state index in [0.29, 0.717) is 0 Å². The third-order valence-electron chi connectivity index (χ3n) is 5.15. The van der Waals surface area contributed by atoms with E-state index < -0.39 is 0 Å². The molecule has 0 saturated carbocycles. The smallest absolute Gasteiger partial charge is 0.268 e. The van der Waals surface area contributed by atoms with Gasteiger partial charge in [-0.1, -0.05) is 25.5 Å². The fourth-order valence-corrected chi connectivity index (χ4v) is 3.96. The van der Waals surface area contributed by atoms with Crippen molar-refractivity contribution in [1.82, 2.24) is 4.90 Å². The second-order valence-electron chi connectivity index (χ2n) is 8.58. The number of carbonyl (C=O) groups is 1. The quantitative estimate of drug-likeness (QED) is 0.726. The summed E-state index contributed by atoms with van der Waals surface area (Å²) in [4.78, 5) is 19.7. The Bertz CT molecular complexity index is 754. The lowest BCUT2D eigenvalue weighted by molar-refractivity contribution is -0.124. The largest absolute Gasteiger partial charge is 0.488 e. The molecule has 27 heavy (non-hydrogen) atoms. The lowest BCUT2D eigenvalue weighted by Gasteiger charge is -2.22. The van der Waals surface area contributed by atoms with Crippen molar-refractivity contribution < 1.29 is 9.53 Å². The average Bonchev–Trinajstić information content (AvgIpc) is 2.85. The molecule has 0 aliphatic carbocycles. The number of likely N-dealkylation sites (tertiary alicyclic amines) is 1. The molecule has 1 aromatic rings. The Kier molecular flexibility index (Phi) is 5.73. The summed E-state index contributed by atoms with van der Waals surface area (Å²) < 4.78 is 5.94. The Hall–Kier alpha value is -2.10. The number of carbonyl (C=O) groups excluding carboxylic acids is 1. The van der Waals surface area contributed by atoms with Gasteiger partial charge in [-0.2, -0.15) is 0 Å². The molecule has 4 nitrogen and oxygen atoms in total. The average molecular weight is 369 g/mol. The molecular weight excluding hydrogens is 336 g/mol. The van der Waals surface area contributed by atoms with Crippen LogP contribution in [0.3, 0.4) is 0 Å². The van der Waals surface area contributed by atoms with E-state index in [0.717, 1.165) is 61.5 Å². The Labute approximate surface area is 163 Å². The van der Waals surface area contributed by atoms with Gasteiger partial charge in [0.2, 0.25) is 0 Å². The topological polar surface area (TPSA) is 41.9 Å². The van der Waals surface area contributed by atoms with E-state index in [1.807, 2.05) is 44.7 Å². The Morgan fingerprint density at radius 3 is 2.56 bits per heavy atom. The number of hydrogen-bond acceptors (Lipinski definition) is 3. The maximum Gasteiger partial charge on any atom is 0.268 e. The number of unbranched alkanes of at least 4 members (excludes halogenated alkanes) is 1. The van der Waals surface area contributed by atoms with Gasteiger partial charge in [0.05, 0.1) is 0 Å². The summed E-state index contributed by atoms with van der Waals surface area (Å²) in [5.41, 5.74) is 3.86. The molecule has 146 valence electrons. The Morgan fingerprint density at radius 1 is 1.22 bits per heavy atom. The molecule has 0 spiro atoms. The number of amides is 1. The fourth-order valence-electron chi connectivity index (χ4n) is 3.96. The summed E-state index contributed by atoms with van der Waals surface area (Å²) in [6.45, 7) is 12.0. The van der Waals surface area contributed by atoms with Crippen molar-refractivity contribution >= 4 is 17.2 Å². The van der Waals surface area contributed by atoms with Gasteiger partial charge in [-0.15, -0.1) is 0 Å². The minimum Gasteiger partial charge on any atom is -0.488 e. The summed E-state index contributed by atoms with van der Waals surface area (Å²) in [6.07, 6.45) is 4.17. The standard InChI is InChI=1S/C23H32N2O2/c1-6-7-14-25-15-8-9-19-20(16(2)24-21(19)22(25)26)17-10-12-18(13-11-17)27-23(3,4)5/h10-13,19H,6-9,14-15H2,1-5H3. The van der Waals surface area contributed by atoms with Crippen molar-refractivity contribution in [2.24, 2.45) is 10.9 Å². The summed E-state index contributed by atoms with van der Waals surface area (Å²) in [5, 5.41) is 0. The Balaban J connectivity index is 1.81. The first-order valence-electron chi connectivity index (χ1n) is 10.2. The van der Waals surface area contributed by atoms with Crippen LogP contribution in [0.5, 0.6) is 5.75 Å². The van der Waals surface area contributed by atoms with E-state index in [-0.39, 0.29) is 17.4 Å². The molecule has 1 aromatic carbocycles. The highest BCUT2D eigenvalue weighted by Gasteiger charge is 2.37. The summed E-state index contributed by atoms with van der Waals surface area (Å²) >= 11 is 0. The Morgan fingerprint density at radius 2 is 1.93 bits per heavy atom. The van der Waals surface area contributed by atoms with Gasteiger partial charge in [-0.05, 0) is 70.2 Å². The molecule has 2 aliphatic rings. The summed E-state index contributed by atoms with van der Waals surface area (Å²) in [7, 11) is 0. The van der Waals surface area contributed by atoms with E-state index >= 15 is 0 Å². The molecule has 0 radical (unpaired) electrons. The second-order valence-corrected chi connectivity index (χ2v) is 8.58. The van der Waals surface area contributed by atoms with Crippen LogP contribution in [-0.2, 0) is 4.79 Å². The third kappa shape index (κ3) is 4.42. The minimum absolute atomic E-state index is 0.124. The zero-order valence-corrected chi connectivity index (χ0v) is 17.3. The van der Waals surface area contributed by atoms with Gasteiger partial charge in [0.1, 0.15) is 17.1 Å². The molecule has 1 fully saturated rings. The molecular formula is C23H32N2O2. The van der Waals surface area contributed by atoms with Gasteiger partial charge >= 0.3 is 0 Å². The van der Waals surface area contributed by atoms with Crippen LogP contribution in [0.15, 0.2) is 35.0 Å². The van der Waals surface area contributed by atoms with Crippen molar-refractivity contribution in [2.75, 3.05) is 13.1 Å². The van der Waals surface area contributed by atoms with E-state index in [1.54, 1.807) is 0 Å². The molecule has 4 heteroatoms. The molecule has 0 N–H and O–H groups in total. The second kappa shape index (κ2) is 7.87. The number of nitrogens with zero attached hydrogens (tertiary/aromatic N) is 2. The highest BCUT2D eigenvalue weighted by atomic mass is 16.5. The van der Waals surface area contributed by atoms with Gasteiger partial charge in [-0.25, -0.2) is 0 Å². The van der Waals surface area contributed by atoms with Crippen LogP contribution in [0.25, 0.3) is 5.57 Å². The van der Waals surface area contributed by atoms with Gasteiger partial charge < -0.3 is 9.64 Å². The van der Waals surface area contributed by atoms with Crippen LogP contribution >= 0.6 is 0 Å². The van der Waals surface area contributed by atoms with Gasteiger partial charge in [-0.3, -0.25) is 9.79 Å². The van der Waals surface area contributed by atoms with Crippen molar-refractivity contribution in [3.63, 3.8) is 0 Å². The summed E-state index contributed by atoms with van der Waals surface area (Å²) in [6, 6.07) is 8.24. The van der Waals surface area contributed by atoms with E-state index in [1.165, 1.54) is 5.57 Å². The predicted molar refractivity (Wildman–Crippen MR) is 111 cm³/mol. The molecule has 2 heterocycles. The maximum absolute atomic E-state index is 13.0. The zero-order valence-electron chi connectivity index (χ0n) is 17.3. The van der Waals surface area contributed by atoms with Crippen LogP contribution in [-0.4, -0.2) is 35.2 Å². The van der Waals surface area contributed by atoms with Crippen molar-refractivity contribution in [3.8, 4) is 5.75 Å². The van der Waals surface area contributed by atoms with Crippen LogP contribution < -0.4 is 4.74 Å². The van der Waals surface area contributed by atoms with E-state index in [4.69, 9.17) is 9.73 Å². The number of rotatable bonds is 5. The van der Waals surface area contributed by atoms with Gasteiger partial charge in [0.15, 0.2) is 0 Å². The molecule has 2 aliphatic heterocycles. The highest BCUT2D eigenvalue weighted by molar-refractivity contribution is 6.43. The fraction of sp³-hybridized carbons (Fsp3) is 0.565. The lowest BCUT2D eigenvalue weighted by atomic mass is 9.86. The molecule has 1 amide bonds. The van der Waals surface area contributed by atoms with Crippen molar-refractivity contribution in [2.45, 2.75) is 65.9 Å². The first-order valence-corrected chi connectivity index (χ1v) is 10.2. The van der Waals surface area contributed by atoms with Crippen LogP contribution in [0.4, 0.5) is 0 Å². The number of aliphatic imine (C=N–C) groups is 1. The van der Waals surface area contributed by atoms with Gasteiger partial charge in [0.25, 0.3) is 5.91 Å². The maximum atomic E-state index is 13.0. The predicted octanol–water partition coefficient (Wildman–Crippen LogP) is 5.09. The first kappa shape index (κ1) is 19.7. The minimum atomic E-state index is -0.212. The monoisotopic (exact) mass is 368 g/mol.